The first-order valence-corrected chi connectivity index (χ1v) is 24.8. The number of hydrogen-bond donors (Lipinski definition) is 0. The summed E-state index contributed by atoms with van der Waals surface area (Å²) < 4.78 is 2.45. The van der Waals surface area contributed by atoms with E-state index in [2.05, 4.69) is 252 Å². The lowest BCUT2D eigenvalue weighted by molar-refractivity contribution is 0.327. The van der Waals surface area contributed by atoms with E-state index in [0.29, 0.717) is 5.92 Å². The number of anilines is 3. The van der Waals surface area contributed by atoms with Gasteiger partial charge < -0.3 is 9.47 Å². The maximum absolute atomic E-state index is 2.54. The number of hydrogen-bond acceptors (Lipinski definition) is 1. The van der Waals surface area contributed by atoms with E-state index in [9.17, 15) is 0 Å². The van der Waals surface area contributed by atoms with Crippen molar-refractivity contribution in [2.75, 3.05) is 4.90 Å². The van der Waals surface area contributed by atoms with Crippen LogP contribution in [0.4, 0.5) is 17.1 Å². The van der Waals surface area contributed by atoms with Gasteiger partial charge in [0.05, 0.1) is 16.7 Å². The molecule has 2 fully saturated rings. The Bertz CT molecular complexity index is 3770. The van der Waals surface area contributed by atoms with Crippen LogP contribution in [0.15, 0.2) is 243 Å². The first-order valence-electron chi connectivity index (χ1n) is 24.8. The van der Waals surface area contributed by atoms with Gasteiger partial charge in [0.25, 0.3) is 0 Å². The second-order valence-electron chi connectivity index (χ2n) is 19.6. The second-order valence-corrected chi connectivity index (χ2v) is 19.6. The van der Waals surface area contributed by atoms with Crippen molar-refractivity contribution in [1.82, 2.24) is 4.57 Å². The first-order chi connectivity index (χ1) is 34.2. The standard InChI is InChI=1S/C67H50N2/c1-3-19-46(20-4-1)52-25-7-8-26-54(52)55-27-9-10-28-56(55)58-30-12-15-35-64(58)68(51-39-40-63-61(43-51)57-29-11-14-34-62(57)67(63)44-45-37-38-48(67)41-45)50-24-17-21-47(42-50)53-32-18-33-60-59-31-13-16-36-65(59)69(66(53)60)49-22-5-2-6-23-49/h1-36,39-40,42-43,45,48H,37-38,41,44H2. The summed E-state index contributed by atoms with van der Waals surface area (Å²) in [6.45, 7) is 0. The molecule has 11 aromatic rings. The molecule has 2 heteroatoms. The quantitative estimate of drug-likeness (QED) is 0.148. The van der Waals surface area contributed by atoms with Crippen molar-refractivity contribution in [2.45, 2.75) is 31.1 Å². The molecule has 69 heavy (non-hydrogen) atoms. The molecule has 1 spiro atoms. The fraction of sp³-hybridized carbons (Fsp3) is 0.104. The summed E-state index contributed by atoms with van der Waals surface area (Å²) in [5, 5.41) is 2.50. The Balaban J connectivity index is 0.998. The van der Waals surface area contributed by atoms with Gasteiger partial charge in [0.15, 0.2) is 0 Å². The average Bonchev–Trinajstić information content (AvgIpc) is 4.20. The molecule has 3 aliphatic rings. The van der Waals surface area contributed by atoms with Crippen molar-refractivity contribution in [2.24, 2.45) is 11.8 Å². The summed E-state index contributed by atoms with van der Waals surface area (Å²) in [7, 11) is 0. The molecular formula is C67H50N2. The van der Waals surface area contributed by atoms with Crippen LogP contribution in [0.1, 0.15) is 36.8 Å². The Morgan fingerprint density at radius 1 is 0.391 bits per heavy atom. The first kappa shape index (κ1) is 39.9. The van der Waals surface area contributed by atoms with E-state index < -0.39 is 0 Å². The SMILES string of the molecule is c1ccc(-c2ccccc2-c2ccccc2-c2ccccc2N(c2cccc(-c3cccc4c5ccccc5n(-c5ccccc5)c34)c2)c2ccc3c(c2)-c2ccccc2C32CC3CCC2C3)cc1. The molecule has 3 unspecified atom stereocenters. The molecule has 328 valence electrons. The summed E-state index contributed by atoms with van der Waals surface area (Å²) in [5.74, 6) is 1.52. The van der Waals surface area contributed by atoms with Gasteiger partial charge in [-0.25, -0.2) is 0 Å². The summed E-state index contributed by atoms with van der Waals surface area (Å²) in [5.41, 5.74) is 22.6. The van der Waals surface area contributed by atoms with Gasteiger partial charge in [-0.1, -0.05) is 201 Å². The van der Waals surface area contributed by atoms with Gasteiger partial charge >= 0.3 is 0 Å². The van der Waals surface area contributed by atoms with Crippen molar-refractivity contribution >= 4 is 38.9 Å². The van der Waals surface area contributed by atoms with Crippen molar-refractivity contribution in [3.05, 3.63) is 254 Å². The maximum atomic E-state index is 2.54. The Kier molecular flexibility index (Phi) is 9.24. The monoisotopic (exact) mass is 882 g/mol. The summed E-state index contributed by atoms with van der Waals surface area (Å²) in [6, 6.07) is 90.3. The lowest BCUT2D eigenvalue weighted by Crippen LogP contribution is -2.31. The molecule has 14 rings (SSSR count). The highest BCUT2D eigenvalue weighted by Gasteiger charge is 2.56. The van der Waals surface area contributed by atoms with E-state index in [1.54, 1.807) is 5.56 Å². The highest BCUT2D eigenvalue weighted by atomic mass is 15.1. The molecule has 2 saturated carbocycles. The van der Waals surface area contributed by atoms with Crippen LogP contribution in [-0.4, -0.2) is 4.57 Å². The van der Waals surface area contributed by atoms with Crippen molar-refractivity contribution in [3.63, 3.8) is 0 Å². The van der Waals surface area contributed by atoms with Crippen LogP contribution < -0.4 is 4.90 Å². The van der Waals surface area contributed by atoms with Crippen molar-refractivity contribution in [1.29, 1.82) is 0 Å². The van der Waals surface area contributed by atoms with Crippen molar-refractivity contribution in [3.8, 4) is 61.3 Å². The summed E-state index contributed by atoms with van der Waals surface area (Å²) in [4.78, 5) is 2.54. The Morgan fingerprint density at radius 2 is 0.971 bits per heavy atom. The Morgan fingerprint density at radius 3 is 1.75 bits per heavy atom. The molecular weight excluding hydrogens is 833 g/mol. The van der Waals surface area contributed by atoms with Gasteiger partial charge in [-0.05, 0) is 135 Å². The minimum atomic E-state index is 0.108. The van der Waals surface area contributed by atoms with Gasteiger partial charge in [-0.3, -0.25) is 0 Å². The zero-order chi connectivity index (χ0) is 45.5. The summed E-state index contributed by atoms with van der Waals surface area (Å²) >= 11 is 0. The third-order valence-electron chi connectivity index (χ3n) is 16.1. The van der Waals surface area contributed by atoms with Crippen LogP contribution in [0.2, 0.25) is 0 Å². The second kappa shape index (κ2) is 16.0. The van der Waals surface area contributed by atoms with Gasteiger partial charge in [0, 0.05) is 44.4 Å². The highest BCUT2D eigenvalue weighted by Crippen LogP contribution is 2.66. The van der Waals surface area contributed by atoms with E-state index in [1.165, 1.54) is 109 Å². The Labute approximate surface area is 404 Å². The zero-order valence-corrected chi connectivity index (χ0v) is 38.5. The number of aromatic nitrogens is 1. The largest absolute Gasteiger partial charge is 0.310 e. The normalized spacial score (nSPS) is 17.7. The minimum absolute atomic E-state index is 0.108. The van der Waals surface area contributed by atoms with Gasteiger partial charge in [-0.15, -0.1) is 0 Å². The van der Waals surface area contributed by atoms with E-state index >= 15 is 0 Å². The number of fused-ring (bicyclic) bond motifs is 11. The Hall–Kier alpha value is -8.20. The van der Waals surface area contributed by atoms with Gasteiger partial charge in [0.2, 0.25) is 0 Å². The van der Waals surface area contributed by atoms with Crippen LogP contribution in [0, 0.1) is 11.8 Å². The van der Waals surface area contributed by atoms with Crippen molar-refractivity contribution < 1.29 is 0 Å². The predicted molar refractivity (Wildman–Crippen MR) is 289 cm³/mol. The maximum Gasteiger partial charge on any atom is 0.0619 e. The third kappa shape index (κ3) is 6.18. The molecule has 10 aromatic carbocycles. The number of rotatable bonds is 8. The molecule has 3 aliphatic carbocycles. The molecule has 3 atom stereocenters. The molecule has 0 aliphatic heterocycles. The molecule has 2 bridgehead atoms. The molecule has 0 N–H and O–H groups in total. The third-order valence-corrected chi connectivity index (χ3v) is 16.1. The van der Waals surface area contributed by atoms with Gasteiger partial charge in [-0.2, -0.15) is 0 Å². The predicted octanol–water partition coefficient (Wildman–Crippen LogP) is 18.0. The topological polar surface area (TPSA) is 8.17 Å². The highest BCUT2D eigenvalue weighted by molar-refractivity contribution is 6.14. The van der Waals surface area contributed by atoms with E-state index in [-0.39, 0.29) is 5.41 Å². The van der Waals surface area contributed by atoms with Crippen LogP contribution in [0.3, 0.4) is 0 Å². The van der Waals surface area contributed by atoms with Crippen LogP contribution >= 0.6 is 0 Å². The fourth-order valence-electron chi connectivity index (χ4n) is 13.3. The van der Waals surface area contributed by atoms with Crippen LogP contribution in [0.25, 0.3) is 83.1 Å². The molecule has 0 saturated heterocycles. The number of benzene rings is 10. The van der Waals surface area contributed by atoms with E-state index in [4.69, 9.17) is 0 Å². The minimum Gasteiger partial charge on any atom is -0.310 e. The average molecular weight is 883 g/mol. The smallest absolute Gasteiger partial charge is 0.0619 e. The molecule has 2 nitrogen and oxygen atoms in total. The van der Waals surface area contributed by atoms with Crippen LogP contribution in [-0.2, 0) is 5.41 Å². The van der Waals surface area contributed by atoms with Crippen LogP contribution in [0.5, 0.6) is 0 Å². The molecule has 1 aromatic heterocycles. The number of para-hydroxylation sites is 4. The zero-order valence-electron chi connectivity index (χ0n) is 38.5. The fourth-order valence-corrected chi connectivity index (χ4v) is 13.3. The molecule has 1 heterocycles. The molecule has 0 amide bonds. The lowest BCUT2D eigenvalue weighted by Gasteiger charge is -2.36. The van der Waals surface area contributed by atoms with E-state index in [0.717, 1.165) is 28.7 Å². The lowest BCUT2D eigenvalue weighted by atomic mass is 9.67. The van der Waals surface area contributed by atoms with E-state index in [1.807, 2.05) is 0 Å². The molecule has 0 radical (unpaired) electrons. The summed E-state index contributed by atoms with van der Waals surface area (Å²) in [6.07, 6.45) is 5.32. The van der Waals surface area contributed by atoms with Gasteiger partial charge in [0.1, 0.15) is 0 Å². The number of nitrogens with zero attached hydrogens (tertiary/aromatic N) is 2.